The summed E-state index contributed by atoms with van der Waals surface area (Å²) in [6, 6.07) is 5.07. The average molecular weight is 305 g/mol. The standard InChI is InChI=1S/C13H17ClN2O2.ClH/c1-18-12-6-10(14)2-3-11(12)13(17)16-5-4-9(7-15)8-16;/h2-3,6,9H,4-5,7-8,15H2,1H3;1H. The number of carbonyl (C=O) groups is 1. The van der Waals surface area contributed by atoms with Crippen LogP contribution in [0, 0.1) is 5.92 Å². The van der Waals surface area contributed by atoms with Gasteiger partial charge in [0.05, 0.1) is 12.7 Å². The van der Waals surface area contributed by atoms with Crippen LogP contribution in [0.2, 0.25) is 5.02 Å². The summed E-state index contributed by atoms with van der Waals surface area (Å²) < 4.78 is 5.20. The smallest absolute Gasteiger partial charge is 0.257 e. The van der Waals surface area contributed by atoms with Crippen molar-refractivity contribution in [3.05, 3.63) is 28.8 Å². The van der Waals surface area contributed by atoms with Crippen molar-refractivity contribution in [1.29, 1.82) is 0 Å². The van der Waals surface area contributed by atoms with E-state index in [1.807, 2.05) is 4.90 Å². The normalized spacial score (nSPS) is 18.1. The molecule has 1 fully saturated rings. The zero-order chi connectivity index (χ0) is 13.1. The maximum Gasteiger partial charge on any atom is 0.257 e. The number of hydrogen-bond donors (Lipinski definition) is 1. The Kier molecular flexibility index (Phi) is 5.91. The average Bonchev–Trinajstić information content (AvgIpc) is 2.86. The monoisotopic (exact) mass is 304 g/mol. The van der Waals surface area contributed by atoms with Crippen molar-refractivity contribution >= 4 is 29.9 Å². The third-order valence-corrected chi connectivity index (χ3v) is 3.54. The first-order valence-corrected chi connectivity index (χ1v) is 6.36. The highest BCUT2D eigenvalue weighted by atomic mass is 35.5. The molecule has 1 aliphatic heterocycles. The minimum atomic E-state index is -0.0144. The molecule has 1 amide bonds. The molecule has 6 heteroatoms. The van der Waals surface area contributed by atoms with Gasteiger partial charge in [0.25, 0.3) is 5.91 Å². The minimum Gasteiger partial charge on any atom is -0.496 e. The SMILES string of the molecule is COc1cc(Cl)ccc1C(=O)N1CCC(CN)C1.Cl. The van der Waals surface area contributed by atoms with Crippen LogP contribution in [0.3, 0.4) is 0 Å². The molecular weight excluding hydrogens is 287 g/mol. The molecule has 1 aromatic carbocycles. The number of hydrogen-bond acceptors (Lipinski definition) is 3. The van der Waals surface area contributed by atoms with Gasteiger partial charge in [-0.15, -0.1) is 12.4 Å². The van der Waals surface area contributed by atoms with Gasteiger partial charge in [0, 0.05) is 18.1 Å². The van der Waals surface area contributed by atoms with Crippen molar-refractivity contribution in [1.82, 2.24) is 4.90 Å². The highest BCUT2D eigenvalue weighted by molar-refractivity contribution is 6.30. The molecule has 1 aliphatic rings. The molecule has 2 rings (SSSR count). The van der Waals surface area contributed by atoms with Crippen LogP contribution in [-0.4, -0.2) is 37.6 Å². The predicted molar refractivity (Wildman–Crippen MR) is 78.3 cm³/mol. The molecule has 0 saturated carbocycles. The number of halogens is 2. The van der Waals surface area contributed by atoms with Gasteiger partial charge in [-0.3, -0.25) is 4.79 Å². The number of rotatable bonds is 3. The van der Waals surface area contributed by atoms with Crippen molar-refractivity contribution in [3.8, 4) is 5.75 Å². The number of carbonyl (C=O) groups excluding carboxylic acids is 1. The van der Waals surface area contributed by atoms with Gasteiger partial charge in [-0.05, 0) is 37.1 Å². The lowest BCUT2D eigenvalue weighted by molar-refractivity contribution is 0.0784. The number of nitrogens with zero attached hydrogens (tertiary/aromatic N) is 1. The molecular formula is C13H18Cl2N2O2. The van der Waals surface area contributed by atoms with Gasteiger partial charge in [0.2, 0.25) is 0 Å². The second kappa shape index (κ2) is 6.98. The zero-order valence-electron chi connectivity index (χ0n) is 10.8. The van der Waals surface area contributed by atoms with E-state index < -0.39 is 0 Å². The third kappa shape index (κ3) is 3.53. The van der Waals surface area contributed by atoms with Crippen molar-refractivity contribution in [2.24, 2.45) is 11.7 Å². The highest BCUT2D eigenvalue weighted by Gasteiger charge is 2.27. The fourth-order valence-corrected chi connectivity index (χ4v) is 2.38. The van der Waals surface area contributed by atoms with Gasteiger partial charge in [0.15, 0.2) is 0 Å². The first kappa shape index (κ1) is 16.1. The van der Waals surface area contributed by atoms with Crippen molar-refractivity contribution in [2.75, 3.05) is 26.7 Å². The second-order valence-electron chi connectivity index (χ2n) is 4.49. The van der Waals surface area contributed by atoms with E-state index in [0.717, 1.165) is 19.5 Å². The van der Waals surface area contributed by atoms with E-state index in [1.54, 1.807) is 18.2 Å². The fourth-order valence-electron chi connectivity index (χ4n) is 2.22. The Balaban J connectivity index is 0.00000180. The Morgan fingerprint density at radius 3 is 2.89 bits per heavy atom. The molecule has 1 aromatic rings. The molecule has 1 saturated heterocycles. The summed E-state index contributed by atoms with van der Waals surface area (Å²) in [7, 11) is 1.54. The first-order chi connectivity index (χ1) is 8.65. The van der Waals surface area contributed by atoms with Gasteiger partial charge in [-0.25, -0.2) is 0 Å². The summed E-state index contributed by atoms with van der Waals surface area (Å²) in [5, 5.41) is 0.560. The second-order valence-corrected chi connectivity index (χ2v) is 4.92. The van der Waals surface area contributed by atoms with E-state index >= 15 is 0 Å². The molecule has 0 aromatic heterocycles. The molecule has 0 spiro atoms. The van der Waals surface area contributed by atoms with Gasteiger partial charge in [0.1, 0.15) is 5.75 Å². The summed E-state index contributed by atoms with van der Waals surface area (Å²) in [6.45, 7) is 2.11. The van der Waals surface area contributed by atoms with Crippen LogP contribution in [-0.2, 0) is 0 Å². The van der Waals surface area contributed by atoms with Crippen LogP contribution in [0.1, 0.15) is 16.8 Å². The lowest BCUT2D eigenvalue weighted by Gasteiger charge is -2.18. The van der Waals surface area contributed by atoms with Crippen LogP contribution in [0.15, 0.2) is 18.2 Å². The number of methoxy groups -OCH3 is 1. The van der Waals surface area contributed by atoms with E-state index in [1.165, 1.54) is 7.11 Å². The maximum absolute atomic E-state index is 12.4. The number of benzene rings is 1. The molecule has 1 atom stereocenters. The van der Waals surface area contributed by atoms with Gasteiger partial charge < -0.3 is 15.4 Å². The van der Waals surface area contributed by atoms with Gasteiger partial charge in [-0.2, -0.15) is 0 Å². The molecule has 0 aliphatic carbocycles. The van der Waals surface area contributed by atoms with Gasteiger partial charge in [-0.1, -0.05) is 11.6 Å². The summed E-state index contributed by atoms with van der Waals surface area (Å²) in [4.78, 5) is 14.2. The van der Waals surface area contributed by atoms with Crippen LogP contribution >= 0.6 is 24.0 Å². The summed E-state index contributed by atoms with van der Waals surface area (Å²) >= 11 is 5.88. The van der Waals surface area contributed by atoms with Crippen molar-refractivity contribution < 1.29 is 9.53 Å². The molecule has 4 nitrogen and oxygen atoms in total. The van der Waals surface area contributed by atoms with E-state index in [2.05, 4.69) is 0 Å². The summed E-state index contributed by atoms with van der Waals surface area (Å²) in [6.07, 6.45) is 0.970. The van der Waals surface area contributed by atoms with Crippen LogP contribution < -0.4 is 10.5 Å². The quantitative estimate of drug-likeness (QED) is 0.931. The van der Waals surface area contributed by atoms with E-state index in [9.17, 15) is 4.79 Å². The van der Waals surface area contributed by atoms with E-state index in [0.29, 0.717) is 28.8 Å². The molecule has 19 heavy (non-hydrogen) atoms. The Morgan fingerprint density at radius 1 is 1.58 bits per heavy atom. The maximum atomic E-state index is 12.4. The lowest BCUT2D eigenvalue weighted by Crippen LogP contribution is -2.30. The highest BCUT2D eigenvalue weighted by Crippen LogP contribution is 2.26. The Morgan fingerprint density at radius 2 is 2.32 bits per heavy atom. The van der Waals surface area contributed by atoms with Crippen molar-refractivity contribution in [2.45, 2.75) is 6.42 Å². The molecule has 0 radical (unpaired) electrons. The molecule has 1 unspecified atom stereocenters. The molecule has 0 bridgehead atoms. The van der Waals surface area contributed by atoms with E-state index in [-0.39, 0.29) is 18.3 Å². The Hall–Kier alpha value is -0.970. The first-order valence-electron chi connectivity index (χ1n) is 5.98. The topological polar surface area (TPSA) is 55.6 Å². The molecule has 1 heterocycles. The van der Waals surface area contributed by atoms with Crippen LogP contribution in [0.5, 0.6) is 5.75 Å². The summed E-state index contributed by atoms with van der Waals surface area (Å²) in [5.74, 6) is 0.912. The van der Waals surface area contributed by atoms with Crippen molar-refractivity contribution in [3.63, 3.8) is 0 Å². The van der Waals surface area contributed by atoms with Crippen LogP contribution in [0.4, 0.5) is 0 Å². The largest absolute Gasteiger partial charge is 0.496 e. The van der Waals surface area contributed by atoms with E-state index in [4.69, 9.17) is 22.1 Å². The van der Waals surface area contributed by atoms with Crippen LogP contribution in [0.25, 0.3) is 0 Å². The molecule has 106 valence electrons. The predicted octanol–water partition coefficient (Wildman–Crippen LogP) is 2.19. The lowest BCUT2D eigenvalue weighted by atomic mass is 10.1. The minimum absolute atomic E-state index is 0. The number of amides is 1. The van der Waals surface area contributed by atoms with Gasteiger partial charge >= 0.3 is 0 Å². The fraction of sp³-hybridized carbons (Fsp3) is 0.462. The molecule has 2 N–H and O–H groups in total. The number of ether oxygens (including phenoxy) is 1. The summed E-state index contributed by atoms with van der Waals surface area (Å²) in [5.41, 5.74) is 6.19. The zero-order valence-corrected chi connectivity index (χ0v) is 12.3. The Bertz CT molecular complexity index is 454. The number of nitrogens with two attached hydrogens (primary N) is 1. The Labute approximate surface area is 124 Å². The number of likely N-dealkylation sites (tertiary alicyclic amines) is 1. The third-order valence-electron chi connectivity index (χ3n) is 3.30.